The summed E-state index contributed by atoms with van der Waals surface area (Å²) >= 11 is 0. The molecule has 144 valence electrons. The molecule has 0 aliphatic carbocycles. The molecule has 0 radical (unpaired) electrons. The number of hydrogen-bond donors (Lipinski definition) is 1. The molecule has 1 saturated heterocycles. The van der Waals surface area contributed by atoms with E-state index in [1.807, 2.05) is 10.7 Å². The minimum absolute atomic E-state index is 0. The van der Waals surface area contributed by atoms with E-state index < -0.39 is 0 Å². The van der Waals surface area contributed by atoms with Crippen molar-refractivity contribution in [2.45, 2.75) is 44.7 Å². The van der Waals surface area contributed by atoms with Crippen molar-refractivity contribution >= 4 is 24.8 Å². The van der Waals surface area contributed by atoms with Gasteiger partial charge in [0.05, 0.1) is 18.8 Å². The van der Waals surface area contributed by atoms with Gasteiger partial charge in [-0.1, -0.05) is 23.4 Å². The van der Waals surface area contributed by atoms with E-state index >= 15 is 0 Å². The molecular weight excluding hydrogens is 380 g/mol. The first-order chi connectivity index (χ1) is 11.7. The molecule has 2 N–H and O–H groups in total. The smallest absolute Gasteiger partial charge is 0.129 e. The SMILES string of the molecule is Cl.Cl.NC1CCN(Cc2nnn3c2COC(c2ccccc2F)C3)CC1. The predicted octanol–water partition coefficient (Wildman–Crippen LogP) is 2.46. The molecule has 4 rings (SSSR count). The summed E-state index contributed by atoms with van der Waals surface area (Å²) < 4.78 is 21.7. The molecule has 9 heteroatoms. The summed E-state index contributed by atoms with van der Waals surface area (Å²) in [6.07, 6.45) is 1.73. The van der Waals surface area contributed by atoms with Crippen LogP contribution in [0.1, 0.15) is 35.9 Å². The highest BCUT2D eigenvalue weighted by molar-refractivity contribution is 5.85. The van der Waals surface area contributed by atoms with Crippen LogP contribution in [0.15, 0.2) is 24.3 Å². The van der Waals surface area contributed by atoms with Gasteiger partial charge in [0, 0.05) is 31.2 Å². The number of aromatic nitrogens is 3. The first kappa shape index (κ1) is 21.1. The lowest BCUT2D eigenvalue weighted by Crippen LogP contribution is -2.39. The fourth-order valence-corrected chi connectivity index (χ4v) is 3.43. The van der Waals surface area contributed by atoms with Crippen LogP contribution in [-0.4, -0.2) is 39.0 Å². The normalized spacial score (nSPS) is 20.8. The quantitative estimate of drug-likeness (QED) is 0.851. The second-order valence-corrected chi connectivity index (χ2v) is 6.60. The van der Waals surface area contributed by atoms with Crippen molar-refractivity contribution in [3.8, 4) is 0 Å². The third kappa shape index (κ3) is 4.35. The molecule has 1 fully saturated rings. The zero-order valence-electron chi connectivity index (χ0n) is 14.4. The monoisotopic (exact) mass is 403 g/mol. The third-order valence-electron chi connectivity index (χ3n) is 4.94. The van der Waals surface area contributed by atoms with Gasteiger partial charge in [-0.05, 0) is 18.9 Å². The number of rotatable bonds is 3. The molecular formula is C17H24Cl2FN5O. The minimum atomic E-state index is -0.318. The van der Waals surface area contributed by atoms with Crippen LogP contribution in [0.2, 0.25) is 0 Å². The Balaban J connectivity index is 0.00000121. The Morgan fingerprint density at radius 3 is 2.65 bits per heavy atom. The van der Waals surface area contributed by atoms with Crippen molar-refractivity contribution in [3.63, 3.8) is 0 Å². The fourth-order valence-electron chi connectivity index (χ4n) is 3.43. The van der Waals surface area contributed by atoms with Crippen molar-refractivity contribution in [3.05, 3.63) is 47.0 Å². The molecule has 2 aliphatic rings. The predicted molar refractivity (Wildman–Crippen MR) is 101 cm³/mol. The van der Waals surface area contributed by atoms with Gasteiger partial charge in [-0.15, -0.1) is 29.9 Å². The number of benzene rings is 1. The molecule has 6 nitrogen and oxygen atoms in total. The summed E-state index contributed by atoms with van der Waals surface area (Å²) in [5.74, 6) is -0.240. The Hall–Kier alpha value is -1.25. The number of hydrogen-bond acceptors (Lipinski definition) is 5. The number of piperidine rings is 1. The van der Waals surface area contributed by atoms with Crippen LogP contribution in [0, 0.1) is 5.82 Å². The van der Waals surface area contributed by atoms with Crippen LogP contribution < -0.4 is 5.73 Å². The van der Waals surface area contributed by atoms with E-state index in [2.05, 4.69) is 15.2 Å². The molecule has 0 saturated carbocycles. The largest absolute Gasteiger partial charge is 0.365 e. The lowest BCUT2D eigenvalue weighted by atomic mass is 10.1. The summed E-state index contributed by atoms with van der Waals surface area (Å²) in [5, 5.41) is 8.58. The Bertz CT molecular complexity index is 721. The van der Waals surface area contributed by atoms with Gasteiger partial charge in [0.1, 0.15) is 17.6 Å². The molecule has 1 aromatic heterocycles. The van der Waals surface area contributed by atoms with E-state index in [4.69, 9.17) is 10.5 Å². The maximum Gasteiger partial charge on any atom is 0.129 e. The molecule has 1 atom stereocenters. The average Bonchev–Trinajstić information content (AvgIpc) is 2.99. The standard InChI is InChI=1S/C17H22FN5O.2ClH/c18-14-4-2-1-3-13(14)17-10-23-16(11-24-17)15(20-21-23)9-22-7-5-12(19)6-8-22;;/h1-4,12,17H,5-11,19H2;2*1H. The van der Waals surface area contributed by atoms with Crippen molar-refractivity contribution < 1.29 is 9.13 Å². The molecule has 1 aromatic carbocycles. The fraction of sp³-hybridized carbons (Fsp3) is 0.529. The van der Waals surface area contributed by atoms with E-state index in [9.17, 15) is 4.39 Å². The number of nitrogens with two attached hydrogens (primary N) is 1. The van der Waals surface area contributed by atoms with Crippen molar-refractivity contribution in [2.75, 3.05) is 13.1 Å². The summed E-state index contributed by atoms with van der Waals surface area (Å²) in [4.78, 5) is 2.36. The van der Waals surface area contributed by atoms with Gasteiger partial charge < -0.3 is 10.5 Å². The van der Waals surface area contributed by atoms with E-state index in [1.54, 1.807) is 12.1 Å². The third-order valence-corrected chi connectivity index (χ3v) is 4.94. The van der Waals surface area contributed by atoms with Gasteiger partial charge in [0.15, 0.2) is 0 Å². The van der Waals surface area contributed by atoms with Crippen molar-refractivity contribution in [2.24, 2.45) is 5.73 Å². The van der Waals surface area contributed by atoms with Gasteiger partial charge in [0.2, 0.25) is 0 Å². The van der Waals surface area contributed by atoms with E-state index in [-0.39, 0.29) is 36.7 Å². The van der Waals surface area contributed by atoms with Gasteiger partial charge >= 0.3 is 0 Å². The lowest BCUT2D eigenvalue weighted by Gasteiger charge is -2.30. The number of halogens is 3. The number of ether oxygens (including phenoxy) is 1. The van der Waals surface area contributed by atoms with Gasteiger partial charge in [-0.3, -0.25) is 4.90 Å². The number of fused-ring (bicyclic) bond motifs is 1. The van der Waals surface area contributed by atoms with Crippen molar-refractivity contribution in [1.82, 2.24) is 19.9 Å². The average molecular weight is 404 g/mol. The first-order valence-corrected chi connectivity index (χ1v) is 8.46. The van der Waals surface area contributed by atoms with Gasteiger partial charge in [0.25, 0.3) is 0 Å². The highest BCUT2D eigenvalue weighted by Gasteiger charge is 2.27. The van der Waals surface area contributed by atoms with Crippen LogP contribution in [-0.2, 0) is 24.4 Å². The molecule has 0 spiro atoms. The molecule has 26 heavy (non-hydrogen) atoms. The zero-order chi connectivity index (χ0) is 16.5. The first-order valence-electron chi connectivity index (χ1n) is 8.46. The Kier molecular flexibility index (Phi) is 7.37. The highest BCUT2D eigenvalue weighted by Crippen LogP contribution is 2.29. The second kappa shape index (κ2) is 9.10. The van der Waals surface area contributed by atoms with Crippen LogP contribution in [0.25, 0.3) is 0 Å². The summed E-state index contributed by atoms with van der Waals surface area (Å²) in [6, 6.07) is 7.05. The molecule has 1 unspecified atom stereocenters. The van der Waals surface area contributed by atoms with Crippen LogP contribution in [0.3, 0.4) is 0 Å². The molecule has 3 heterocycles. The minimum Gasteiger partial charge on any atom is -0.365 e. The molecule has 0 bridgehead atoms. The number of nitrogens with zero attached hydrogens (tertiary/aromatic N) is 4. The highest BCUT2D eigenvalue weighted by atomic mass is 35.5. The van der Waals surface area contributed by atoms with Gasteiger partial charge in [-0.25, -0.2) is 9.07 Å². The summed E-state index contributed by atoms with van der Waals surface area (Å²) in [7, 11) is 0. The maximum absolute atomic E-state index is 14.0. The van der Waals surface area contributed by atoms with E-state index in [0.29, 0.717) is 24.8 Å². The lowest BCUT2D eigenvalue weighted by molar-refractivity contribution is -0.00413. The summed E-state index contributed by atoms with van der Waals surface area (Å²) in [6.45, 7) is 3.66. The molecule has 2 aliphatic heterocycles. The van der Waals surface area contributed by atoms with Crippen LogP contribution >= 0.6 is 24.8 Å². The van der Waals surface area contributed by atoms with Gasteiger partial charge in [-0.2, -0.15) is 0 Å². The van der Waals surface area contributed by atoms with Crippen LogP contribution in [0.5, 0.6) is 0 Å². The Labute approximate surface area is 164 Å². The van der Waals surface area contributed by atoms with Crippen LogP contribution in [0.4, 0.5) is 4.39 Å². The number of likely N-dealkylation sites (tertiary alicyclic amines) is 1. The summed E-state index contributed by atoms with van der Waals surface area (Å²) in [5.41, 5.74) is 8.48. The Morgan fingerprint density at radius 2 is 1.92 bits per heavy atom. The zero-order valence-corrected chi connectivity index (χ0v) is 16.0. The Morgan fingerprint density at radius 1 is 1.19 bits per heavy atom. The second-order valence-electron chi connectivity index (χ2n) is 6.60. The van der Waals surface area contributed by atoms with Crippen molar-refractivity contribution in [1.29, 1.82) is 0 Å². The molecule has 0 amide bonds. The maximum atomic E-state index is 14.0. The van der Waals surface area contributed by atoms with E-state index in [0.717, 1.165) is 43.9 Å². The van der Waals surface area contributed by atoms with E-state index in [1.165, 1.54) is 6.07 Å². The topological polar surface area (TPSA) is 69.2 Å². The molecule has 2 aromatic rings.